The number of methoxy groups -OCH3 is 2. The third-order valence-electron chi connectivity index (χ3n) is 2.99. The Morgan fingerprint density at radius 2 is 1.71 bits per heavy atom. The number of pyridine rings is 1. The van der Waals surface area contributed by atoms with Crippen LogP contribution in [0.25, 0.3) is 0 Å². The van der Waals surface area contributed by atoms with Crippen LogP contribution in [0, 0.1) is 0 Å². The van der Waals surface area contributed by atoms with Crippen molar-refractivity contribution in [1.29, 1.82) is 0 Å². The van der Waals surface area contributed by atoms with Crippen molar-refractivity contribution in [3.05, 3.63) is 36.7 Å². The predicted molar refractivity (Wildman–Crippen MR) is 85.8 cm³/mol. The molecule has 2 N–H and O–H groups in total. The Hall–Kier alpha value is -2.43. The van der Waals surface area contributed by atoms with E-state index in [1.165, 1.54) is 0 Å². The summed E-state index contributed by atoms with van der Waals surface area (Å²) in [4.78, 5) is 4.23. The second kappa shape index (κ2) is 7.38. The highest BCUT2D eigenvalue weighted by Gasteiger charge is 2.05. The van der Waals surface area contributed by atoms with Gasteiger partial charge in [0.05, 0.1) is 38.0 Å². The van der Waals surface area contributed by atoms with Crippen LogP contribution in [0.2, 0.25) is 0 Å². The Balaban J connectivity index is 2.14. The first kappa shape index (κ1) is 15.0. The molecule has 0 saturated heterocycles. The maximum Gasteiger partial charge on any atom is 0.162 e. The molecular weight excluding hydrogens is 266 g/mol. The molecule has 5 heteroatoms. The van der Waals surface area contributed by atoms with Crippen LogP contribution in [0.4, 0.5) is 17.1 Å². The third-order valence-corrected chi connectivity index (χ3v) is 2.99. The summed E-state index contributed by atoms with van der Waals surface area (Å²) < 4.78 is 10.5. The number of benzene rings is 1. The second-order valence-electron chi connectivity index (χ2n) is 4.58. The Kier molecular flexibility index (Phi) is 5.26. The number of hydrogen-bond acceptors (Lipinski definition) is 5. The van der Waals surface area contributed by atoms with Gasteiger partial charge in [0.15, 0.2) is 11.5 Å². The molecule has 0 aliphatic heterocycles. The van der Waals surface area contributed by atoms with E-state index in [-0.39, 0.29) is 0 Å². The molecule has 0 aliphatic rings. The van der Waals surface area contributed by atoms with Crippen molar-refractivity contribution in [1.82, 2.24) is 4.98 Å². The number of aromatic nitrogens is 1. The van der Waals surface area contributed by atoms with Crippen LogP contribution < -0.4 is 20.1 Å². The summed E-state index contributed by atoms with van der Waals surface area (Å²) in [5.74, 6) is 1.40. The van der Waals surface area contributed by atoms with Gasteiger partial charge in [-0.15, -0.1) is 0 Å². The Labute approximate surface area is 125 Å². The maximum absolute atomic E-state index is 5.30. The van der Waals surface area contributed by atoms with Crippen molar-refractivity contribution in [2.75, 3.05) is 31.4 Å². The first-order valence-electron chi connectivity index (χ1n) is 6.94. The van der Waals surface area contributed by atoms with Gasteiger partial charge >= 0.3 is 0 Å². The van der Waals surface area contributed by atoms with E-state index in [1.54, 1.807) is 20.4 Å². The number of anilines is 3. The number of hydrogen-bond donors (Lipinski definition) is 2. The second-order valence-corrected chi connectivity index (χ2v) is 4.58. The van der Waals surface area contributed by atoms with Crippen LogP contribution in [-0.2, 0) is 0 Å². The average molecular weight is 287 g/mol. The minimum atomic E-state index is 0.690. The molecule has 0 atom stereocenters. The quantitative estimate of drug-likeness (QED) is 0.814. The van der Waals surface area contributed by atoms with Crippen molar-refractivity contribution >= 4 is 17.1 Å². The number of rotatable bonds is 7. The number of ether oxygens (including phenoxy) is 2. The molecule has 0 fully saturated rings. The van der Waals surface area contributed by atoms with Gasteiger partial charge in [0.2, 0.25) is 0 Å². The van der Waals surface area contributed by atoms with Crippen LogP contribution in [0.15, 0.2) is 36.7 Å². The van der Waals surface area contributed by atoms with Gasteiger partial charge in [0.25, 0.3) is 0 Å². The summed E-state index contributed by atoms with van der Waals surface area (Å²) in [6.45, 7) is 3.06. The zero-order chi connectivity index (χ0) is 15.1. The molecule has 2 aromatic rings. The highest BCUT2D eigenvalue weighted by atomic mass is 16.5. The van der Waals surface area contributed by atoms with E-state index in [0.717, 1.165) is 30.0 Å². The summed E-state index contributed by atoms with van der Waals surface area (Å²) in [7, 11) is 3.25. The number of nitrogens with one attached hydrogen (secondary N) is 2. The lowest BCUT2D eigenvalue weighted by atomic mass is 10.2. The summed E-state index contributed by atoms with van der Waals surface area (Å²) >= 11 is 0. The van der Waals surface area contributed by atoms with E-state index in [4.69, 9.17) is 9.47 Å². The van der Waals surface area contributed by atoms with Crippen molar-refractivity contribution in [3.8, 4) is 11.5 Å². The minimum absolute atomic E-state index is 0.690. The van der Waals surface area contributed by atoms with Gasteiger partial charge < -0.3 is 20.1 Å². The third kappa shape index (κ3) is 4.02. The Bertz CT molecular complexity index is 587. The zero-order valence-corrected chi connectivity index (χ0v) is 12.6. The Morgan fingerprint density at radius 1 is 0.952 bits per heavy atom. The van der Waals surface area contributed by atoms with Gasteiger partial charge in [-0.1, -0.05) is 6.92 Å². The van der Waals surface area contributed by atoms with Gasteiger partial charge in [0.1, 0.15) is 0 Å². The lowest BCUT2D eigenvalue weighted by molar-refractivity contribution is 0.355. The van der Waals surface area contributed by atoms with E-state index in [2.05, 4.69) is 22.5 Å². The van der Waals surface area contributed by atoms with E-state index in [9.17, 15) is 0 Å². The minimum Gasteiger partial charge on any atom is -0.493 e. The summed E-state index contributed by atoms with van der Waals surface area (Å²) in [6.07, 6.45) is 4.68. The van der Waals surface area contributed by atoms with E-state index >= 15 is 0 Å². The molecule has 5 nitrogen and oxygen atoms in total. The highest BCUT2D eigenvalue weighted by molar-refractivity contribution is 5.65. The molecule has 112 valence electrons. The van der Waals surface area contributed by atoms with Gasteiger partial charge in [-0.25, -0.2) is 0 Å². The first-order valence-corrected chi connectivity index (χ1v) is 6.94. The van der Waals surface area contributed by atoms with Crippen molar-refractivity contribution in [2.24, 2.45) is 0 Å². The van der Waals surface area contributed by atoms with E-state index in [1.807, 2.05) is 30.5 Å². The predicted octanol–water partition coefficient (Wildman–Crippen LogP) is 3.66. The molecule has 2 rings (SSSR count). The SMILES string of the molecule is CCCNc1cncc(Nc2ccc(OC)c(OC)c2)c1. The Morgan fingerprint density at radius 3 is 2.43 bits per heavy atom. The maximum atomic E-state index is 5.30. The molecule has 21 heavy (non-hydrogen) atoms. The molecule has 1 aromatic carbocycles. The zero-order valence-electron chi connectivity index (χ0n) is 12.6. The van der Waals surface area contributed by atoms with Crippen LogP contribution in [-0.4, -0.2) is 25.7 Å². The lowest BCUT2D eigenvalue weighted by Crippen LogP contribution is -2.01. The van der Waals surface area contributed by atoms with Crippen molar-refractivity contribution < 1.29 is 9.47 Å². The molecule has 1 heterocycles. The smallest absolute Gasteiger partial charge is 0.162 e. The summed E-state index contributed by atoms with van der Waals surface area (Å²) in [5, 5.41) is 6.62. The average Bonchev–Trinajstić information content (AvgIpc) is 2.53. The van der Waals surface area contributed by atoms with Gasteiger partial charge in [0, 0.05) is 18.3 Å². The number of nitrogens with zero attached hydrogens (tertiary/aromatic N) is 1. The van der Waals surface area contributed by atoms with Gasteiger partial charge in [-0.2, -0.15) is 0 Å². The van der Waals surface area contributed by atoms with Crippen LogP contribution >= 0.6 is 0 Å². The molecule has 0 amide bonds. The van der Waals surface area contributed by atoms with Crippen LogP contribution in [0.5, 0.6) is 11.5 Å². The largest absolute Gasteiger partial charge is 0.493 e. The summed E-state index contributed by atoms with van der Waals surface area (Å²) in [5.41, 5.74) is 2.84. The fraction of sp³-hybridized carbons (Fsp3) is 0.312. The van der Waals surface area contributed by atoms with Gasteiger partial charge in [-0.05, 0) is 24.6 Å². The van der Waals surface area contributed by atoms with E-state index < -0.39 is 0 Å². The fourth-order valence-corrected chi connectivity index (χ4v) is 1.95. The fourth-order valence-electron chi connectivity index (χ4n) is 1.95. The van der Waals surface area contributed by atoms with E-state index in [0.29, 0.717) is 11.5 Å². The van der Waals surface area contributed by atoms with Crippen molar-refractivity contribution in [2.45, 2.75) is 13.3 Å². The lowest BCUT2D eigenvalue weighted by Gasteiger charge is -2.12. The monoisotopic (exact) mass is 287 g/mol. The molecule has 1 aromatic heterocycles. The highest BCUT2D eigenvalue weighted by Crippen LogP contribution is 2.31. The van der Waals surface area contributed by atoms with Crippen LogP contribution in [0.1, 0.15) is 13.3 Å². The van der Waals surface area contributed by atoms with Crippen molar-refractivity contribution in [3.63, 3.8) is 0 Å². The topological polar surface area (TPSA) is 55.4 Å². The normalized spacial score (nSPS) is 10.0. The van der Waals surface area contributed by atoms with Crippen LogP contribution in [0.3, 0.4) is 0 Å². The molecule has 0 spiro atoms. The molecular formula is C16H21N3O2. The molecule has 0 unspecified atom stereocenters. The standard InChI is InChI=1S/C16H21N3O2/c1-4-7-18-13-8-14(11-17-10-13)19-12-5-6-15(20-2)16(9-12)21-3/h5-6,8-11,18-19H,4,7H2,1-3H3. The molecule has 0 radical (unpaired) electrons. The molecule has 0 saturated carbocycles. The van der Waals surface area contributed by atoms with Gasteiger partial charge in [-0.3, -0.25) is 4.98 Å². The summed E-state index contributed by atoms with van der Waals surface area (Å²) in [6, 6.07) is 7.73. The molecule has 0 aliphatic carbocycles. The molecule has 0 bridgehead atoms. The first-order chi connectivity index (χ1) is 10.3.